The van der Waals surface area contributed by atoms with Crippen LogP contribution in [0, 0.1) is 17.8 Å². The fraction of sp³-hybridized carbons (Fsp3) is 0.706. The van der Waals surface area contributed by atoms with Gasteiger partial charge in [0.15, 0.2) is 0 Å². The van der Waals surface area contributed by atoms with Crippen LogP contribution in [0.25, 0.3) is 0 Å². The van der Waals surface area contributed by atoms with Gasteiger partial charge in [-0.2, -0.15) is 0 Å². The highest BCUT2D eigenvalue weighted by Crippen LogP contribution is 2.34. The van der Waals surface area contributed by atoms with E-state index in [1.54, 1.807) is 6.92 Å². The standard InChI is InChI=1S/C17H25NO3/c1-3-10-17(20,15-6-4-5-7-15)16(19)21-13-14-8-11-18(2)12-9-14/h8,15,20H,4-7,9,11-13H2,1-2H3. The van der Waals surface area contributed by atoms with Crippen LogP contribution in [0.4, 0.5) is 0 Å². The maximum atomic E-state index is 12.3. The quantitative estimate of drug-likeness (QED) is 0.487. The predicted octanol–water partition coefficient (Wildman–Crippen LogP) is 1.74. The molecular formula is C17H25NO3. The van der Waals surface area contributed by atoms with Gasteiger partial charge in [-0.15, -0.1) is 5.92 Å². The summed E-state index contributed by atoms with van der Waals surface area (Å²) in [5.41, 5.74) is -0.503. The normalized spacial score (nSPS) is 22.9. The fourth-order valence-corrected chi connectivity index (χ4v) is 3.07. The molecule has 0 aromatic carbocycles. The number of carbonyl (C=O) groups excluding carboxylic acids is 1. The summed E-state index contributed by atoms with van der Waals surface area (Å²) in [4.78, 5) is 14.5. The summed E-state index contributed by atoms with van der Waals surface area (Å²) in [5, 5.41) is 10.7. The van der Waals surface area contributed by atoms with Gasteiger partial charge < -0.3 is 14.7 Å². The SMILES string of the molecule is CC#CC(O)(C(=O)OCC1=CCN(C)CC1)C1CCCC1. The van der Waals surface area contributed by atoms with Gasteiger partial charge >= 0.3 is 5.97 Å². The number of rotatable bonds is 4. The van der Waals surface area contributed by atoms with Crippen molar-refractivity contribution in [3.63, 3.8) is 0 Å². The molecule has 4 heteroatoms. The van der Waals surface area contributed by atoms with Crippen LogP contribution >= 0.6 is 0 Å². The molecule has 4 nitrogen and oxygen atoms in total. The Balaban J connectivity index is 1.97. The van der Waals surface area contributed by atoms with Crippen molar-refractivity contribution in [1.82, 2.24) is 4.90 Å². The summed E-state index contributed by atoms with van der Waals surface area (Å²) in [5.74, 6) is 4.71. The van der Waals surface area contributed by atoms with E-state index in [9.17, 15) is 9.90 Å². The second-order valence-electron chi connectivity index (χ2n) is 6.07. The Morgan fingerprint density at radius 3 is 2.81 bits per heavy atom. The van der Waals surface area contributed by atoms with Crippen LogP contribution in [0.15, 0.2) is 11.6 Å². The number of hydrogen-bond acceptors (Lipinski definition) is 4. The molecule has 0 bridgehead atoms. The minimum Gasteiger partial charge on any atom is -0.458 e. The lowest BCUT2D eigenvalue weighted by molar-refractivity contribution is -0.163. The van der Waals surface area contributed by atoms with E-state index in [2.05, 4.69) is 29.9 Å². The van der Waals surface area contributed by atoms with Crippen molar-refractivity contribution in [3.05, 3.63) is 11.6 Å². The van der Waals surface area contributed by atoms with Gasteiger partial charge in [0.2, 0.25) is 5.60 Å². The highest BCUT2D eigenvalue weighted by atomic mass is 16.5. The Morgan fingerprint density at radius 2 is 2.24 bits per heavy atom. The van der Waals surface area contributed by atoms with Gasteiger partial charge in [0.05, 0.1) is 0 Å². The predicted molar refractivity (Wildman–Crippen MR) is 81.5 cm³/mol. The third kappa shape index (κ3) is 3.87. The first-order valence-corrected chi connectivity index (χ1v) is 7.76. The van der Waals surface area contributed by atoms with E-state index in [0.717, 1.165) is 50.8 Å². The molecule has 1 saturated carbocycles. The van der Waals surface area contributed by atoms with Gasteiger partial charge in [-0.05, 0) is 38.8 Å². The van der Waals surface area contributed by atoms with Crippen molar-refractivity contribution in [2.45, 2.75) is 44.6 Å². The molecule has 0 aromatic rings. The van der Waals surface area contributed by atoms with Crippen molar-refractivity contribution in [2.24, 2.45) is 5.92 Å². The van der Waals surface area contributed by atoms with Gasteiger partial charge in [-0.3, -0.25) is 0 Å². The average molecular weight is 291 g/mol. The molecule has 1 fully saturated rings. The summed E-state index contributed by atoms with van der Waals surface area (Å²) in [6.07, 6.45) is 6.77. The summed E-state index contributed by atoms with van der Waals surface area (Å²) in [7, 11) is 2.06. The van der Waals surface area contributed by atoms with Gasteiger partial charge in [-0.25, -0.2) is 4.79 Å². The first-order chi connectivity index (χ1) is 10.1. The molecule has 0 saturated heterocycles. The maximum Gasteiger partial charge on any atom is 0.351 e. The zero-order valence-corrected chi connectivity index (χ0v) is 13.0. The Morgan fingerprint density at radius 1 is 1.52 bits per heavy atom. The van der Waals surface area contributed by atoms with E-state index in [-0.39, 0.29) is 12.5 Å². The lowest BCUT2D eigenvalue weighted by Gasteiger charge is -2.27. The zero-order valence-electron chi connectivity index (χ0n) is 13.0. The number of esters is 1. The van der Waals surface area contributed by atoms with Crippen LogP contribution in [0.1, 0.15) is 39.0 Å². The minimum absolute atomic E-state index is 0.0936. The summed E-state index contributed by atoms with van der Waals surface area (Å²) >= 11 is 0. The Bertz CT molecular complexity index is 468. The summed E-state index contributed by atoms with van der Waals surface area (Å²) in [6, 6.07) is 0. The monoisotopic (exact) mass is 291 g/mol. The lowest BCUT2D eigenvalue weighted by atomic mass is 9.86. The Hall–Kier alpha value is -1.31. The van der Waals surface area contributed by atoms with Crippen LogP contribution in [0.3, 0.4) is 0 Å². The Kier molecular flexibility index (Phi) is 5.44. The van der Waals surface area contributed by atoms with E-state index in [1.807, 2.05) is 0 Å². The number of ether oxygens (including phenoxy) is 1. The van der Waals surface area contributed by atoms with Gasteiger partial charge in [0.1, 0.15) is 6.61 Å². The second kappa shape index (κ2) is 7.11. The molecule has 1 N–H and O–H groups in total. The molecule has 0 aromatic heterocycles. The van der Waals surface area contributed by atoms with Crippen LogP contribution in [-0.4, -0.2) is 48.3 Å². The van der Waals surface area contributed by atoms with E-state index in [1.165, 1.54) is 0 Å². The zero-order chi connectivity index (χ0) is 15.3. The molecular weight excluding hydrogens is 266 g/mol. The molecule has 1 aliphatic carbocycles. The van der Waals surface area contributed by atoms with Crippen molar-refractivity contribution in [2.75, 3.05) is 26.7 Å². The molecule has 1 heterocycles. The number of hydrogen-bond donors (Lipinski definition) is 1. The molecule has 21 heavy (non-hydrogen) atoms. The largest absolute Gasteiger partial charge is 0.458 e. The maximum absolute atomic E-state index is 12.3. The first kappa shape index (κ1) is 16.1. The molecule has 2 rings (SSSR count). The van der Waals surface area contributed by atoms with E-state index < -0.39 is 11.6 Å². The third-order valence-electron chi connectivity index (χ3n) is 4.47. The van der Waals surface area contributed by atoms with Crippen LogP contribution in [0.5, 0.6) is 0 Å². The van der Waals surface area contributed by atoms with Crippen molar-refractivity contribution in [1.29, 1.82) is 0 Å². The number of nitrogens with zero attached hydrogens (tertiary/aromatic N) is 1. The van der Waals surface area contributed by atoms with Crippen molar-refractivity contribution < 1.29 is 14.6 Å². The number of likely N-dealkylation sites (N-methyl/N-ethyl adjacent to an activating group) is 1. The van der Waals surface area contributed by atoms with Crippen molar-refractivity contribution in [3.8, 4) is 11.8 Å². The van der Waals surface area contributed by atoms with E-state index >= 15 is 0 Å². The fourth-order valence-electron chi connectivity index (χ4n) is 3.07. The molecule has 0 radical (unpaired) electrons. The highest BCUT2D eigenvalue weighted by Gasteiger charge is 2.45. The van der Waals surface area contributed by atoms with Gasteiger partial charge in [0.25, 0.3) is 0 Å². The smallest absolute Gasteiger partial charge is 0.351 e. The molecule has 1 unspecified atom stereocenters. The second-order valence-corrected chi connectivity index (χ2v) is 6.07. The molecule has 2 aliphatic rings. The lowest BCUT2D eigenvalue weighted by Crippen LogP contribution is -2.45. The highest BCUT2D eigenvalue weighted by molar-refractivity contribution is 5.84. The molecule has 1 aliphatic heterocycles. The average Bonchev–Trinajstić information content (AvgIpc) is 3.01. The van der Waals surface area contributed by atoms with Crippen molar-refractivity contribution >= 4 is 5.97 Å². The summed E-state index contributed by atoms with van der Waals surface area (Å²) in [6.45, 7) is 3.78. The molecule has 1 atom stereocenters. The van der Waals surface area contributed by atoms with Crippen LogP contribution in [-0.2, 0) is 9.53 Å². The first-order valence-electron chi connectivity index (χ1n) is 7.76. The van der Waals surface area contributed by atoms with Crippen LogP contribution in [0.2, 0.25) is 0 Å². The Labute approximate surface area is 127 Å². The third-order valence-corrected chi connectivity index (χ3v) is 4.47. The number of carbonyl (C=O) groups is 1. The molecule has 116 valence electrons. The van der Waals surface area contributed by atoms with Gasteiger partial charge in [-0.1, -0.05) is 24.8 Å². The van der Waals surface area contributed by atoms with E-state index in [4.69, 9.17) is 4.74 Å². The number of aliphatic hydroxyl groups is 1. The molecule has 0 amide bonds. The minimum atomic E-state index is -1.63. The van der Waals surface area contributed by atoms with Gasteiger partial charge in [0, 0.05) is 19.0 Å². The van der Waals surface area contributed by atoms with Crippen LogP contribution < -0.4 is 0 Å². The summed E-state index contributed by atoms with van der Waals surface area (Å²) < 4.78 is 5.37. The molecule has 0 spiro atoms. The van der Waals surface area contributed by atoms with E-state index in [0.29, 0.717) is 0 Å². The topological polar surface area (TPSA) is 49.8 Å².